The Morgan fingerprint density at radius 3 is 2.23 bits per heavy atom. The monoisotopic (exact) mass is 474 g/mol. The van der Waals surface area contributed by atoms with Crippen LogP contribution in [0.3, 0.4) is 0 Å². The molecular weight excluding hydrogens is 454 g/mol. The normalized spacial score (nSPS) is 12.5. The number of nitrogens with one attached hydrogen (secondary N) is 1. The van der Waals surface area contributed by atoms with E-state index in [0.29, 0.717) is 6.07 Å². The van der Waals surface area contributed by atoms with Crippen molar-refractivity contribution in [1.82, 2.24) is 4.31 Å². The standard InChI is InChI=1S/C20H21ClF2N2O5S/c1-4-25(5-2)31(28,29)16-6-7-17(21)18(11-16)24-19(26)12(3)30-20(27)13-8-14(22)10-15(23)9-13/h6-12H,4-5H2,1-3H3,(H,24,26). The molecule has 11 heteroatoms. The van der Waals surface area contributed by atoms with Crippen LogP contribution in [-0.4, -0.2) is 43.8 Å². The molecule has 0 aliphatic heterocycles. The maximum Gasteiger partial charge on any atom is 0.339 e. The minimum absolute atomic E-state index is 0.000373. The highest BCUT2D eigenvalue weighted by Crippen LogP contribution is 2.27. The summed E-state index contributed by atoms with van der Waals surface area (Å²) in [6, 6.07) is 5.97. The molecule has 7 nitrogen and oxygen atoms in total. The van der Waals surface area contributed by atoms with Gasteiger partial charge in [0.1, 0.15) is 11.6 Å². The summed E-state index contributed by atoms with van der Waals surface area (Å²) in [6.07, 6.45) is -1.36. The lowest BCUT2D eigenvalue weighted by atomic mass is 10.2. The van der Waals surface area contributed by atoms with Crippen LogP contribution in [0.4, 0.5) is 14.5 Å². The summed E-state index contributed by atoms with van der Waals surface area (Å²) < 4.78 is 58.1. The fourth-order valence-electron chi connectivity index (χ4n) is 2.66. The first-order valence-corrected chi connectivity index (χ1v) is 11.1. The van der Waals surface area contributed by atoms with Crippen molar-refractivity contribution in [3.8, 4) is 0 Å². The van der Waals surface area contributed by atoms with Crippen molar-refractivity contribution in [2.45, 2.75) is 31.8 Å². The predicted octanol–water partition coefficient (Wildman–Crippen LogP) is 3.83. The van der Waals surface area contributed by atoms with Crippen molar-refractivity contribution < 1.29 is 31.5 Å². The second kappa shape index (κ2) is 10.2. The van der Waals surface area contributed by atoms with E-state index in [1.165, 1.54) is 29.4 Å². The number of carbonyl (C=O) groups is 2. The number of carbonyl (C=O) groups excluding carboxylic acids is 2. The van der Waals surface area contributed by atoms with E-state index < -0.39 is 45.2 Å². The van der Waals surface area contributed by atoms with Crippen LogP contribution in [0, 0.1) is 11.6 Å². The van der Waals surface area contributed by atoms with Gasteiger partial charge < -0.3 is 10.1 Å². The zero-order chi connectivity index (χ0) is 23.3. The molecule has 0 aromatic heterocycles. The highest BCUT2D eigenvalue weighted by Gasteiger charge is 2.24. The molecule has 31 heavy (non-hydrogen) atoms. The van der Waals surface area contributed by atoms with E-state index >= 15 is 0 Å². The molecule has 0 aliphatic carbocycles. The molecule has 2 aromatic carbocycles. The number of hydrogen-bond acceptors (Lipinski definition) is 5. The number of benzene rings is 2. The number of hydrogen-bond donors (Lipinski definition) is 1. The number of ether oxygens (including phenoxy) is 1. The molecule has 0 aliphatic rings. The van der Waals surface area contributed by atoms with Gasteiger partial charge in [-0.1, -0.05) is 25.4 Å². The molecule has 2 aromatic rings. The van der Waals surface area contributed by atoms with Gasteiger partial charge in [0.25, 0.3) is 5.91 Å². The summed E-state index contributed by atoms with van der Waals surface area (Å²) in [5.41, 5.74) is -0.401. The van der Waals surface area contributed by atoms with Crippen molar-refractivity contribution in [3.63, 3.8) is 0 Å². The first kappa shape index (κ1) is 24.7. The molecule has 1 unspecified atom stereocenters. The molecule has 1 N–H and O–H groups in total. The summed E-state index contributed by atoms with van der Waals surface area (Å²) in [4.78, 5) is 24.4. The van der Waals surface area contributed by atoms with Crippen LogP contribution in [0.25, 0.3) is 0 Å². The molecular formula is C20H21ClF2N2O5S. The van der Waals surface area contributed by atoms with Gasteiger partial charge in [-0.25, -0.2) is 22.0 Å². The third kappa shape index (κ3) is 5.99. The number of esters is 1. The van der Waals surface area contributed by atoms with Crippen LogP contribution in [0.5, 0.6) is 0 Å². The Morgan fingerprint density at radius 1 is 1.10 bits per heavy atom. The van der Waals surface area contributed by atoms with Crippen molar-refractivity contribution in [2.24, 2.45) is 0 Å². The van der Waals surface area contributed by atoms with E-state index in [-0.39, 0.29) is 28.7 Å². The molecule has 0 saturated carbocycles. The first-order chi connectivity index (χ1) is 14.5. The minimum Gasteiger partial charge on any atom is -0.449 e. The van der Waals surface area contributed by atoms with Crippen LogP contribution in [0.1, 0.15) is 31.1 Å². The van der Waals surface area contributed by atoms with Gasteiger partial charge in [0, 0.05) is 19.2 Å². The summed E-state index contributed by atoms with van der Waals surface area (Å²) >= 11 is 6.06. The molecule has 0 heterocycles. The predicted molar refractivity (Wildman–Crippen MR) is 111 cm³/mol. The number of anilines is 1. The smallest absolute Gasteiger partial charge is 0.339 e. The Hall–Kier alpha value is -2.56. The Bertz CT molecular complexity index is 1070. The number of halogens is 3. The van der Waals surface area contributed by atoms with Crippen molar-refractivity contribution in [1.29, 1.82) is 0 Å². The number of nitrogens with zero attached hydrogens (tertiary/aromatic N) is 1. The minimum atomic E-state index is -3.79. The SMILES string of the molecule is CCN(CC)S(=O)(=O)c1ccc(Cl)c(NC(=O)C(C)OC(=O)c2cc(F)cc(F)c2)c1. The average Bonchev–Trinajstić information content (AvgIpc) is 2.69. The Balaban J connectivity index is 2.18. The lowest BCUT2D eigenvalue weighted by Gasteiger charge is -2.19. The van der Waals surface area contributed by atoms with Crippen molar-refractivity contribution >= 4 is 39.2 Å². The van der Waals surface area contributed by atoms with Gasteiger partial charge in [0.05, 0.1) is 21.2 Å². The van der Waals surface area contributed by atoms with Gasteiger partial charge in [-0.15, -0.1) is 0 Å². The summed E-state index contributed by atoms with van der Waals surface area (Å²) in [7, 11) is -3.79. The number of sulfonamides is 1. The van der Waals surface area contributed by atoms with Gasteiger partial charge in [-0.05, 0) is 37.3 Å². The number of amides is 1. The quantitative estimate of drug-likeness (QED) is 0.587. The van der Waals surface area contributed by atoms with Gasteiger partial charge in [0.2, 0.25) is 10.0 Å². The fraction of sp³-hybridized carbons (Fsp3) is 0.300. The number of rotatable bonds is 8. The van der Waals surface area contributed by atoms with E-state index in [4.69, 9.17) is 16.3 Å². The van der Waals surface area contributed by atoms with Crippen LogP contribution < -0.4 is 5.32 Å². The van der Waals surface area contributed by atoms with Crippen molar-refractivity contribution in [3.05, 3.63) is 58.6 Å². The lowest BCUT2D eigenvalue weighted by Crippen LogP contribution is -2.31. The summed E-state index contributed by atoms with van der Waals surface area (Å²) in [5, 5.41) is 2.46. The van der Waals surface area contributed by atoms with Gasteiger partial charge in [0.15, 0.2) is 6.10 Å². The summed E-state index contributed by atoms with van der Waals surface area (Å²) in [6.45, 7) is 5.15. The summed E-state index contributed by atoms with van der Waals surface area (Å²) in [5.74, 6) is -3.86. The highest BCUT2D eigenvalue weighted by atomic mass is 35.5. The molecule has 2 rings (SSSR count). The zero-order valence-electron chi connectivity index (χ0n) is 17.0. The van der Waals surface area contributed by atoms with Crippen LogP contribution in [0.15, 0.2) is 41.3 Å². The second-order valence-corrected chi connectivity index (χ2v) is 8.77. The second-order valence-electron chi connectivity index (χ2n) is 6.43. The molecule has 0 radical (unpaired) electrons. The van der Waals surface area contributed by atoms with Crippen LogP contribution in [-0.2, 0) is 19.6 Å². The first-order valence-electron chi connectivity index (χ1n) is 9.27. The molecule has 0 fully saturated rings. The molecule has 1 amide bonds. The Morgan fingerprint density at radius 2 is 1.68 bits per heavy atom. The van der Waals surface area contributed by atoms with E-state index in [0.717, 1.165) is 12.1 Å². The van der Waals surface area contributed by atoms with E-state index in [1.54, 1.807) is 13.8 Å². The largest absolute Gasteiger partial charge is 0.449 e. The molecule has 0 bridgehead atoms. The molecule has 0 saturated heterocycles. The third-order valence-corrected chi connectivity index (χ3v) is 6.67. The third-order valence-electron chi connectivity index (χ3n) is 4.29. The van der Waals surface area contributed by atoms with Crippen molar-refractivity contribution in [2.75, 3.05) is 18.4 Å². The fourth-order valence-corrected chi connectivity index (χ4v) is 4.31. The topological polar surface area (TPSA) is 92.8 Å². The average molecular weight is 475 g/mol. The zero-order valence-corrected chi connectivity index (χ0v) is 18.6. The lowest BCUT2D eigenvalue weighted by molar-refractivity contribution is -0.123. The van der Waals surface area contributed by atoms with E-state index in [2.05, 4.69) is 5.32 Å². The van der Waals surface area contributed by atoms with Crippen LogP contribution >= 0.6 is 11.6 Å². The van der Waals surface area contributed by atoms with Gasteiger partial charge in [-0.2, -0.15) is 4.31 Å². The maximum absolute atomic E-state index is 13.3. The Kier molecular flexibility index (Phi) is 8.10. The highest BCUT2D eigenvalue weighted by molar-refractivity contribution is 7.89. The molecule has 0 spiro atoms. The molecule has 1 atom stereocenters. The maximum atomic E-state index is 13.3. The van der Waals surface area contributed by atoms with Gasteiger partial charge >= 0.3 is 5.97 Å². The van der Waals surface area contributed by atoms with E-state index in [9.17, 15) is 26.8 Å². The molecule has 168 valence electrons. The van der Waals surface area contributed by atoms with Gasteiger partial charge in [-0.3, -0.25) is 4.79 Å². The van der Waals surface area contributed by atoms with Crippen LogP contribution in [0.2, 0.25) is 5.02 Å². The Labute approximate surface area is 184 Å². The van der Waals surface area contributed by atoms with E-state index in [1.807, 2.05) is 0 Å².